The van der Waals surface area contributed by atoms with E-state index < -0.39 is 53.8 Å². The van der Waals surface area contributed by atoms with E-state index in [9.17, 15) is 29.1 Å². The number of guanidine groups is 1. The third kappa shape index (κ3) is 9.76. The Bertz CT molecular complexity index is 814. The quantitative estimate of drug-likeness (QED) is 0.0748. The largest absolute Gasteiger partial charge is 0.480 e. The summed E-state index contributed by atoms with van der Waals surface area (Å²) in [6.45, 7) is 3.94. The Kier molecular flexibility index (Phi) is 11.9. The fourth-order valence-corrected chi connectivity index (χ4v) is 3.65. The molecule has 1 fully saturated rings. The Labute approximate surface area is 204 Å². The standard InChI is InChI=1S/C21H38N8O6/c1-11(2)16(23)18(32)27-12(7-8-15(22)30)19(33)29-10-4-6-14(29)17(31)28-13(20(34)35)5-3-9-26-21(24)25/h11-14,16H,3-10,23H2,1-2H3,(H2,22,30)(H,27,32)(H,28,31)(H,34,35)(H4,24,25,26)/t12-,13-,14-,16-/m0/s1. The van der Waals surface area contributed by atoms with Crippen LogP contribution in [0.2, 0.25) is 0 Å². The van der Waals surface area contributed by atoms with Crippen molar-refractivity contribution in [2.24, 2.45) is 33.8 Å². The lowest BCUT2D eigenvalue weighted by Crippen LogP contribution is -2.57. The first-order valence-corrected chi connectivity index (χ1v) is 11.6. The number of carboxylic acids is 1. The van der Waals surface area contributed by atoms with Crippen molar-refractivity contribution in [3.63, 3.8) is 0 Å². The van der Waals surface area contributed by atoms with Gasteiger partial charge in [-0.1, -0.05) is 13.8 Å². The first-order valence-electron chi connectivity index (χ1n) is 11.6. The fourth-order valence-electron chi connectivity index (χ4n) is 3.65. The van der Waals surface area contributed by atoms with E-state index in [0.29, 0.717) is 19.3 Å². The van der Waals surface area contributed by atoms with Gasteiger partial charge in [-0.15, -0.1) is 0 Å². The van der Waals surface area contributed by atoms with Gasteiger partial charge in [0.2, 0.25) is 23.6 Å². The average molecular weight is 499 g/mol. The molecule has 0 aromatic heterocycles. The molecule has 0 spiro atoms. The number of hydrogen-bond acceptors (Lipinski definition) is 7. The molecule has 1 heterocycles. The Morgan fingerprint density at radius 3 is 2.26 bits per heavy atom. The molecule has 0 aliphatic carbocycles. The summed E-state index contributed by atoms with van der Waals surface area (Å²) in [5.74, 6) is -3.92. The number of nitrogens with zero attached hydrogens (tertiary/aromatic N) is 2. The predicted octanol–water partition coefficient (Wildman–Crippen LogP) is -2.67. The van der Waals surface area contributed by atoms with Crippen molar-refractivity contribution in [1.82, 2.24) is 15.5 Å². The molecule has 0 saturated carbocycles. The van der Waals surface area contributed by atoms with Crippen LogP contribution in [0.1, 0.15) is 52.4 Å². The van der Waals surface area contributed by atoms with Crippen LogP contribution in [-0.4, -0.2) is 82.8 Å². The van der Waals surface area contributed by atoms with Crippen LogP contribution in [0.4, 0.5) is 0 Å². The molecule has 1 rings (SSSR count). The monoisotopic (exact) mass is 498 g/mol. The number of primary amides is 1. The minimum Gasteiger partial charge on any atom is -0.480 e. The van der Waals surface area contributed by atoms with Crippen molar-refractivity contribution in [1.29, 1.82) is 0 Å². The highest BCUT2D eigenvalue weighted by Gasteiger charge is 2.39. The topological polar surface area (TPSA) is 249 Å². The maximum Gasteiger partial charge on any atom is 0.326 e. The predicted molar refractivity (Wildman–Crippen MR) is 127 cm³/mol. The SMILES string of the molecule is CC(C)[C@H](N)C(=O)N[C@@H](CCC(N)=O)C(=O)N1CCC[C@H]1C(=O)N[C@@H](CCCN=C(N)N)C(=O)O. The van der Waals surface area contributed by atoms with Crippen molar-refractivity contribution in [3.05, 3.63) is 0 Å². The Balaban J connectivity index is 2.93. The molecule has 35 heavy (non-hydrogen) atoms. The number of aliphatic imine (C=N–C) groups is 1. The number of carboxylic acid groups (broad SMARTS) is 1. The molecule has 1 saturated heterocycles. The first-order chi connectivity index (χ1) is 16.3. The van der Waals surface area contributed by atoms with Crippen molar-refractivity contribution >= 4 is 35.6 Å². The summed E-state index contributed by atoms with van der Waals surface area (Å²) in [7, 11) is 0. The zero-order chi connectivity index (χ0) is 26.7. The van der Waals surface area contributed by atoms with Crippen LogP contribution >= 0.6 is 0 Å². The van der Waals surface area contributed by atoms with Gasteiger partial charge in [-0.25, -0.2) is 4.79 Å². The fraction of sp³-hybridized carbons (Fsp3) is 0.714. The second-order valence-electron chi connectivity index (χ2n) is 8.87. The van der Waals surface area contributed by atoms with Crippen molar-refractivity contribution < 1.29 is 29.1 Å². The molecule has 1 aliphatic heterocycles. The second kappa shape index (κ2) is 14.1. The molecule has 4 atom stereocenters. The average Bonchev–Trinajstić information content (AvgIpc) is 3.26. The van der Waals surface area contributed by atoms with Gasteiger partial charge in [0.15, 0.2) is 5.96 Å². The van der Waals surface area contributed by atoms with Crippen LogP contribution in [0.25, 0.3) is 0 Å². The Morgan fingerprint density at radius 2 is 1.71 bits per heavy atom. The lowest BCUT2D eigenvalue weighted by molar-refractivity contribution is -0.145. The van der Waals surface area contributed by atoms with E-state index in [1.54, 1.807) is 13.8 Å². The molecule has 0 aromatic carbocycles. The normalized spacial score (nSPS) is 17.8. The third-order valence-corrected chi connectivity index (χ3v) is 5.71. The lowest BCUT2D eigenvalue weighted by atomic mass is 10.0. The van der Waals surface area contributed by atoms with Crippen LogP contribution in [0.5, 0.6) is 0 Å². The van der Waals surface area contributed by atoms with Crippen molar-refractivity contribution in [2.75, 3.05) is 13.1 Å². The maximum absolute atomic E-state index is 13.3. The van der Waals surface area contributed by atoms with Crippen LogP contribution in [0.15, 0.2) is 4.99 Å². The molecular formula is C21H38N8O6. The summed E-state index contributed by atoms with van der Waals surface area (Å²) in [6, 6.07) is -4.09. The minimum atomic E-state index is -1.23. The summed E-state index contributed by atoms with van der Waals surface area (Å²) in [5, 5.41) is 14.5. The maximum atomic E-state index is 13.3. The van der Waals surface area contributed by atoms with E-state index >= 15 is 0 Å². The summed E-state index contributed by atoms with van der Waals surface area (Å²) in [6.07, 6.45) is 1.02. The summed E-state index contributed by atoms with van der Waals surface area (Å²) in [5.41, 5.74) is 21.6. The number of likely N-dealkylation sites (tertiary alicyclic amines) is 1. The number of rotatable bonds is 14. The molecule has 14 heteroatoms. The van der Waals surface area contributed by atoms with Gasteiger partial charge in [0, 0.05) is 19.5 Å². The molecule has 0 unspecified atom stereocenters. The molecule has 0 bridgehead atoms. The van der Waals surface area contributed by atoms with Gasteiger partial charge < -0.3 is 43.6 Å². The molecule has 14 nitrogen and oxygen atoms in total. The van der Waals surface area contributed by atoms with Crippen LogP contribution in [0.3, 0.4) is 0 Å². The molecular weight excluding hydrogens is 460 g/mol. The first kappa shape index (κ1) is 29.6. The molecule has 198 valence electrons. The van der Waals surface area contributed by atoms with Gasteiger partial charge in [-0.3, -0.25) is 24.2 Å². The van der Waals surface area contributed by atoms with Crippen LogP contribution < -0.4 is 33.6 Å². The summed E-state index contributed by atoms with van der Waals surface area (Å²) < 4.78 is 0. The van der Waals surface area contributed by atoms with Gasteiger partial charge >= 0.3 is 5.97 Å². The number of carbonyl (C=O) groups excluding carboxylic acids is 4. The number of nitrogens with one attached hydrogen (secondary N) is 2. The molecule has 11 N–H and O–H groups in total. The van der Waals surface area contributed by atoms with E-state index in [2.05, 4.69) is 15.6 Å². The van der Waals surface area contributed by atoms with E-state index in [1.165, 1.54) is 4.90 Å². The number of amides is 4. The highest BCUT2D eigenvalue weighted by atomic mass is 16.4. The molecule has 0 aromatic rings. The van der Waals surface area contributed by atoms with Crippen molar-refractivity contribution in [2.45, 2.75) is 76.5 Å². The zero-order valence-electron chi connectivity index (χ0n) is 20.2. The number of aliphatic carboxylic acids is 1. The molecule has 4 amide bonds. The Hall–Kier alpha value is -3.42. The summed E-state index contributed by atoms with van der Waals surface area (Å²) in [4.78, 5) is 66.6. The highest BCUT2D eigenvalue weighted by molar-refractivity contribution is 5.94. The number of nitrogens with two attached hydrogens (primary N) is 4. The van der Waals surface area contributed by atoms with E-state index in [-0.39, 0.29) is 44.2 Å². The van der Waals surface area contributed by atoms with E-state index in [1.807, 2.05) is 0 Å². The van der Waals surface area contributed by atoms with Gasteiger partial charge in [-0.05, 0) is 38.0 Å². The third-order valence-electron chi connectivity index (χ3n) is 5.71. The van der Waals surface area contributed by atoms with Gasteiger partial charge in [0.05, 0.1) is 6.04 Å². The van der Waals surface area contributed by atoms with E-state index in [4.69, 9.17) is 22.9 Å². The Morgan fingerprint density at radius 1 is 1.06 bits per heavy atom. The number of carbonyl (C=O) groups is 5. The van der Waals surface area contributed by atoms with E-state index in [0.717, 1.165) is 0 Å². The smallest absolute Gasteiger partial charge is 0.326 e. The molecule has 0 radical (unpaired) electrons. The van der Waals surface area contributed by atoms with Crippen LogP contribution in [0, 0.1) is 5.92 Å². The minimum absolute atomic E-state index is 0.0574. The van der Waals surface area contributed by atoms with Crippen molar-refractivity contribution in [3.8, 4) is 0 Å². The van der Waals surface area contributed by atoms with Gasteiger partial charge in [0.1, 0.15) is 18.1 Å². The second-order valence-corrected chi connectivity index (χ2v) is 8.87. The zero-order valence-corrected chi connectivity index (χ0v) is 20.2. The summed E-state index contributed by atoms with van der Waals surface area (Å²) >= 11 is 0. The highest BCUT2D eigenvalue weighted by Crippen LogP contribution is 2.20. The van der Waals surface area contributed by atoms with Gasteiger partial charge in [0.25, 0.3) is 0 Å². The molecule has 1 aliphatic rings. The number of hydrogen-bond donors (Lipinski definition) is 7. The lowest BCUT2D eigenvalue weighted by Gasteiger charge is -2.30. The van der Waals surface area contributed by atoms with Gasteiger partial charge in [-0.2, -0.15) is 0 Å². The van der Waals surface area contributed by atoms with Crippen LogP contribution in [-0.2, 0) is 24.0 Å².